The van der Waals surface area contributed by atoms with E-state index >= 15 is 0 Å². The molecule has 1 atom stereocenters. The summed E-state index contributed by atoms with van der Waals surface area (Å²) in [6.45, 7) is 1.85. The molecule has 122 valence electrons. The fourth-order valence-corrected chi connectivity index (χ4v) is 2.75. The van der Waals surface area contributed by atoms with Crippen molar-refractivity contribution in [2.75, 3.05) is 32.2 Å². The minimum Gasteiger partial charge on any atom is -0.464 e. The van der Waals surface area contributed by atoms with Crippen molar-refractivity contribution in [1.29, 1.82) is 0 Å². The summed E-state index contributed by atoms with van der Waals surface area (Å²) in [4.78, 5) is 11.8. The predicted molar refractivity (Wildman–Crippen MR) is 73.4 cm³/mol. The van der Waals surface area contributed by atoms with Crippen LogP contribution in [0.1, 0.15) is 25.7 Å². The average molecular weight is 322 g/mol. The normalized spacial score (nSPS) is 29.1. The highest BCUT2D eigenvalue weighted by Gasteiger charge is 2.28. The minimum absolute atomic E-state index is 0.172. The summed E-state index contributed by atoms with van der Waals surface area (Å²) < 4.78 is 45.1. The van der Waals surface area contributed by atoms with E-state index in [9.17, 15) is 13.2 Å². The molecule has 0 aromatic rings. The molecule has 2 fully saturated rings. The molecule has 1 aliphatic carbocycles. The highest BCUT2D eigenvalue weighted by atomic mass is 32.2. The van der Waals surface area contributed by atoms with Crippen molar-refractivity contribution in [1.82, 2.24) is 0 Å². The van der Waals surface area contributed by atoms with Gasteiger partial charge in [0.2, 0.25) is 0 Å². The maximum atomic E-state index is 11.8. The predicted octanol–water partition coefficient (Wildman–Crippen LogP) is 0.639. The Morgan fingerprint density at radius 1 is 1.19 bits per heavy atom. The number of rotatable bonds is 8. The van der Waals surface area contributed by atoms with E-state index in [1.54, 1.807) is 0 Å². The highest BCUT2D eigenvalue weighted by Crippen LogP contribution is 2.30. The summed E-state index contributed by atoms with van der Waals surface area (Å²) >= 11 is 0. The molecule has 1 aliphatic heterocycles. The van der Waals surface area contributed by atoms with Crippen LogP contribution in [0.5, 0.6) is 0 Å². The zero-order valence-corrected chi connectivity index (χ0v) is 12.7. The van der Waals surface area contributed by atoms with Gasteiger partial charge in [0, 0.05) is 6.61 Å². The van der Waals surface area contributed by atoms with E-state index in [-0.39, 0.29) is 24.6 Å². The van der Waals surface area contributed by atoms with E-state index in [2.05, 4.69) is 0 Å². The molecule has 1 heterocycles. The van der Waals surface area contributed by atoms with Gasteiger partial charge in [-0.2, -0.15) is 8.42 Å². The summed E-state index contributed by atoms with van der Waals surface area (Å²) in [5.74, 6) is -0.630. The first kappa shape index (κ1) is 16.7. The average Bonchev–Trinajstić information content (AvgIpc) is 3.22. The Bertz CT molecular complexity index is 435. The van der Waals surface area contributed by atoms with E-state index in [0.29, 0.717) is 19.1 Å². The van der Waals surface area contributed by atoms with Crippen molar-refractivity contribution in [2.24, 2.45) is 11.8 Å². The molecule has 7 nitrogen and oxygen atoms in total. The van der Waals surface area contributed by atoms with Crippen LogP contribution in [0.3, 0.4) is 0 Å². The quantitative estimate of drug-likeness (QED) is 0.397. The maximum absolute atomic E-state index is 11.8. The molecule has 0 amide bonds. The van der Waals surface area contributed by atoms with Gasteiger partial charge in [-0.15, -0.1) is 0 Å². The van der Waals surface area contributed by atoms with Crippen molar-refractivity contribution < 1.29 is 32.0 Å². The molecule has 21 heavy (non-hydrogen) atoms. The Kier molecular flexibility index (Phi) is 5.98. The molecule has 0 spiro atoms. The number of hydrogen-bond acceptors (Lipinski definition) is 6. The highest BCUT2D eigenvalue weighted by molar-refractivity contribution is 7.85. The summed E-state index contributed by atoms with van der Waals surface area (Å²) in [7, 11) is -4.08. The summed E-state index contributed by atoms with van der Waals surface area (Å²) in [5, 5.41) is 0. The lowest BCUT2D eigenvalue weighted by Gasteiger charge is -2.26. The molecule has 1 N–H and O–H groups in total. The number of hydrogen-bond donors (Lipinski definition) is 1. The second-order valence-electron chi connectivity index (χ2n) is 5.66. The van der Waals surface area contributed by atoms with E-state index < -0.39 is 15.9 Å². The third-order valence-corrected chi connectivity index (χ3v) is 4.51. The number of epoxide rings is 1. The van der Waals surface area contributed by atoms with Gasteiger partial charge in [0.15, 0.2) is 0 Å². The molecular formula is C13H22O7S. The SMILES string of the molecule is O=C(OCCS(=O)(=O)O)C1CCC(COCC2CO2)CC1. The molecule has 0 radical (unpaired) electrons. The Labute approximate surface area is 124 Å². The van der Waals surface area contributed by atoms with Gasteiger partial charge in [-0.3, -0.25) is 9.35 Å². The first-order chi connectivity index (χ1) is 9.94. The zero-order valence-electron chi connectivity index (χ0n) is 11.9. The van der Waals surface area contributed by atoms with Crippen LogP contribution in [0.25, 0.3) is 0 Å². The monoisotopic (exact) mass is 322 g/mol. The van der Waals surface area contributed by atoms with Crippen molar-refractivity contribution in [3.05, 3.63) is 0 Å². The van der Waals surface area contributed by atoms with Crippen LogP contribution >= 0.6 is 0 Å². The van der Waals surface area contributed by atoms with Gasteiger partial charge in [0.25, 0.3) is 10.1 Å². The van der Waals surface area contributed by atoms with E-state index in [1.807, 2.05) is 0 Å². The smallest absolute Gasteiger partial charge is 0.308 e. The Morgan fingerprint density at radius 2 is 1.86 bits per heavy atom. The van der Waals surface area contributed by atoms with E-state index in [4.69, 9.17) is 18.8 Å². The molecule has 0 bridgehead atoms. The lowest BCUT2D eigenvalue weighted by atomic mass is 9.82. The van der Waals surface area contributed by atoms with Crippen LogP contribution in [0.15, 0.2) is 0 Å². The summed E-state index contributed by atoms with van der Waals surface area (Å²) in [5.41, 5.74) is 0. The molecule has 0 aromatic heterocycles. The summed E-state index contributed by atoms with van der Waals surface area (Å²) in [6, 6.07) is 0. The van der Waals surface area contributed by atoms with Gasteiger partial charge in [-0.1, -0.05) is 0 Å². The van der Waals surface area contributed by atoms with Crippen LogP contribution in [0.2, 0.25) is 0 Å². The first-order valence-corrected chi connectivity index (χ1v) is 8.86. The Morgan fingerprint density at radius 3 is 2.43 bits per heavy atom. The molecule has 0 aromatic carbocycles. The molecule has 2 rings (SSSR count). The molecule has 1 saturated carbocycles. The lowest BCUT2D eigenvalue weighted by molar-refractivity contribution is -0.149. The number of carbonyl (C=O) groups excluding carboxylic acids is 1. The first-order valence-electron chi connectivity index (χ1n) is 7.25. The number of ether oxygens (including phenoxy) is 3. The fourth-order valence-electron chi connectivity index (χ4n) is 2.46. The third-order valence-electron chi connectivity index (χ3n) is 3.83. The topological polar surface area (TPSA) is 102 Å². The van der Waals surface area contributed by atoms with Gasteiger partial charge in [-0.25, -0.2) is 0 Å². The molecule has 2 aliphatic rings. The van der Waals surface area contributed by atoms with Gasteiger partial charge in [-0.05, 0) is 31.6 Å². The van der Waals surface area contributed by atoms with Crippen LogP contribution < -0.4 is 0 Å². The third kappa shape index (κ3) is 6.73. The fraction of sp³-hybridized carbons (Fsp3) is 0.923. The van der Waals surface area contributed by atoms with Crippen LogP contribution in [-0.2, 0) is 29.1 Å². The van der Waals surface area contributed by atoms with Gasteiger partial charge < -0.3 is 14.2 Å². The standard InChI is InChI=1S/C13H22O7S/c14-13(19-5-6-21(15,16)17)11-3-1-10(2-4-11)7-18-8-12-9-20-12/h10-12H,1-9H2,(H,15,16,17). The van der Waals surface area contributed by atoms with Gasteiger partial charge in [0.1, 0.15) is 18.5 Å². The second-order valence-corrected chi connectivity index (χ2v) is 7.24. The molecule has 8 heteroatoms. The number of esters is 1. The van der Waals surface area contributed by atoms with Crippen molar-refractivity contribution in [3.63, 3.8) is 0 Å². The zero-order chi connectivity index (χ0) is 15.3. The van der Waals surface area contributed by atoms with Crippen molar-refractivity contribution in [2.45, 2.75) is 31.8 Å². The van der Waals surface area contributed by atoms with E-state index in [0.717, 1.165) is 32.3 Å². The van der Waals surface area contributed by atoms with E-state index in [1.165, 1.54) is 0 Å². The largest absolute Gasteiger partial charge is 0.464 e. The van der Waals surface area contributed by atoms with Crippen LogP contribution in [0, 0.1) is 11.8 Å². The lowest BCUT2D eigenvalue weighted by Crippen LogP contribution is -2.27. The van der Waals surface area contributed by atoms with Crippen LogP contribution in [-0.4, -0.2) is 57.2 Å². The maximum Gasteiger partial charge on any atom is 0.308 e. The molecular weight excluding hydrogens is 300 g/mol. The van der Waals surface area contributed by atoms with Crippen molar-refractivity contribution in [3.8, 4) is 0 Å². The Hall–Kier alpha value is -0.700. The Balaban J connectivity index is 1.57. The van der Waals surface area contributed by atoms with Crippen molar-refractivity contribution >= 4 is 16.1 Å². The van der Waals surface area contributed by atoms with Crippen LogP contribution in [0.4, 0.5) is 0 Å². The summed E-state index contributed by atoms with van der Waals surface area (Å²) in [6.07, 6.45) is 3.56. The minimum atomic E-state index is -4.08. The molecule has 1 unspecified atom stereocenters. The number of carbonyl (C=O) groups is 1. The molecule has 1 saturated heterocycles. The van der Waals surface area contributed by atoms with Gasteiger partial charge >= 0.3 is 5.97 Å². The van der Waals surface area contributed by atoms with Gasteiger partial charge in [0.05, 0.1) is 19.1 Å². The second kappa shape index (κ2) is 7.53.